The average Bonchev–Trinajstić information content (AvgIpc) is 3.27. The fraction of sp³-hybridized carbons (Fsp3) is 0.417. The number of phenols is 1. The van der Waals surface area contributed by atoms with E-state index in [4.69, 9.17) is 10.6 Å². The van der Waals surface area contributed by atoms with E-state index in [9.17, 15) is 29.7 Å². The Bertz CT molecular complexity index is 1240. The Labute approximate surface area is 195 Å². The van der Waals surface area contributed by atoms with Gasteiger partial charge in [0.05, 0.1) is 23.6 Å². The summed E-state index contributed by atoms with van der Waals surface area (Å²) in [5.41, 5.74) is 6.82. The second-order valence-electron chi connectivity index (χ2n) is 9.50. The molecule has 1 aliphatic heterocycles. The third kappa shape index (κ3) is 3.01. The topological polar surface area (TPSA) is 163 Å². The van der Waals surface area contributed by atoms with Crippen LogP contribution in [-0.2, 0) is 20.8 Å². The number of amides is 1. The van der Waals surface area contributed by atoms with Gasteiger partial charge in [-0.1, -0.05) is 5.16 Å². The lowest BCUT2D eigenvalue weighted by Crippen LogP contribution is -2.43. The maximum atomic E-state index is 13.8. The zero-order valence-corrected chi connectivity index (χ0v) is 18.7. The Kier molecular flexibility index (Phi) is 4.92. The van der Waals surface area contributed by atoms with Gasteiger partial charge >= 0.3 is 0 Å². The molecule has 0 bridgehead atoms. The largest absolute Gasteiger partial charge is 0.511 e. The number of allylic oxidation sites excluding steroid dienone is 3. The van der Waals surface area contributed by atoms with E-state index in [1.54, 1.807) is 6.21 Å². The number of hydrogen-bond acceptors (Lipinski definition) is 9. The lowest BCUT2D eigenvalue weighted by atomic mass is 9.62. The van der Waals surface area contributed by atoms with E-state index in [-0.39, 0.29) is 41.6 Å². The maximum Gasteiger partial charge on any atom is 0.255 e. The first kappa shape index (κ1) is 22.0. The normalized spacial score (nSPS) is 27.8. The molecule has 5 N–H and O–H groups in total. The molecular formula is C24H25N3O7. The van der Waals surface area contributed by atoms with Crippen LogP contribution in [0.4, 0.5) is 5.69 Å². The van der Waals surface area contributed by atoms with E-state index in [1.807, 2.05) is 25.1 Å². The number of aliphatic hydroxyl groups excluding tert-OH is 2. The summed E-state index contributed by atoms with van der Waals surface area (Å²) in [5, 5.41) is 36.3. The number of rotatable bonds is 3. The fourth-order valence-electron chi connectivity index (χ4n) is 5.84. The maximum absolute atomic E-state index is 13.8. The summed E-state index contributed by atoms with van der Waals surface area (Å²) < 4.78 is 0. The van der Waals surface area contributed by atoms with Crippen LogP contribution in [0, 0.1) is 17.8 Å². The number of nitrogens with zero attached hydrogens (tertiary/aromatic N) is 2. The number of anilines is 1. The molecule has 178 valence electrons. The first-order valence-corrected chi connectivity index (χ1v) is 11.1. The van der Waals surface area contributed by atoms with Gasteiger partial charge in [0.15, 0.2) is 11.6 Å². The van der Waals surface area contributed by atoms with Gasteiger partial charge in [0.25, 0.3) is 5.91 Å². The summed E-state index contributed by atoms with van der Waals surface area (Å²) in [7, 11) is 3.68. The quantitative estimate of drug-likeness (QED) is 0.488. The number of fused-ring (bicyclic) bond motifs is 3. The molecule has 10 nitrogen and oxygen atoms in total. The van der Waals surface area contributed by atoms with Gasteiger partial charge in [-0.15, -0.1) is 0 Å². The van der Waals surface area contributed by atoms with Crippen LogP contribution in [0.15, 0.2) is 33.9 Å². The van der Waals surface area contributed by atoms with Gasteiger partial charge < -0.3 is 30.8 Å². The fourth-order valence-corrected chi connectivity index (χ4v) is 5.84. The Morgan fingerprint density at radius 1 is 1.21 bits per heavy atom. The number of oxime groups is 1. The number of primary amides is 1. The number of Topliss-reactive ketones (excluding diaryl/α,β-unsaturated/α-hetero) is 2. The van der Waals surface area contributed by atoms with Crippen molar-refractivity contribution in [1.82, 2.24) is 0 Å². The number of hydrogen-bond donors (Lipinski definition) is 4. The van der Waals surface area contributed by atoms with Crippen molar-refractivity contribution >= 4 is 29.4 Å². The summed E-state index contributed by atoms with van der Waals surface area (Å²) in [6.45, 7) is 0.230. The minimum absolute atomic E-state index is 0.00923. The van der Waals surface area contributed by atoms with Gasteiger partial charge in [-0.05, 0) is 36.3 Å². The van der Waals surface area contributed by atoms with Gasteiger partial charge in [-0.2, -0.15) is 0 Å². The minimum atomic E-state index is -1.14. The van der Waals surface area contributed by atoms with Crippen molar-refractivity contribution in [2.45, 2.75) is 25.2 Å². The highest BCUT2D eigenvalue weighted by Crippen LogP contribution is 2.51. The third-order valence-corrected chi connectivity index (χ3v) is 7.34. The van der Waals surface area contributed by atoms with Crippen LogP contribution in [0.3, 0.4) is 0 Å². The SMILES string of the molecule is CN(C)c1cc(C2C=NOC2)c(O)c2c1CC1CC3CC(O)=C(C(N)=O)C(=O)C3C(O)=C1C2=O. The lowest BCUT2D eigenvalue weighted by Gasteiger charge is -2.41. The van der Waals surface area contributed by atoms with Crippen molar-refractivity contribution in [3.05, 3.63) is 45.4 Å². The molecule has 4 atom stereocenters. The van der Waals surface area contributed by atoms with Crippen molar-refractivity contribution in [3.63, 3.8) is 0 Å². The molecule has 3 aliphatic carbocycles. The molecule has 1 amide bonds. The predicted molar refractivity (Wildman–Crippen MR) is 121 cm³/mol. The molecule has 34 heavy (non-hydrogen) atoms. The molecule has 5 rings (SSSR count). The van der Waals surface area contributed by atoms with Crippen molar-refractivity contribution in [2.75, 3.05) is 25.6 Å². The number of ketones is 2. The molecule has 4 unspecified atom stereocenters. The van der Waals surface area contributed by atoms with E-state index < -0.39 is 46.6 Å². The Morgan fingerprint density at radius 3 is 2.56 bits per heavy atom. The van der Waals surface area contributed by atoms with E-state index in [0.717, 1.165) is 5.69 Å². The van der Waals surface area contributed by atoms with Gasteiger partial charge in [-0.3, -0.25) is 14.4 Å². The molecule has 0 aromatic heterocycles. The Hall–Kier alpha value is -3.82. The minimum Gasteiger partial charge on any atom is -0.511 e. The number of phenolic OH excluding ortho intramolecular Hbond substituents is 1. The van der Waals surface area contributed by atoms with Gasteiger partial charge in [-0.25, -0.2) is 0 Å². The summed E-state index contributed by atoms with van der Waals surface area (Å²) in [6.07, 6.45) is 2.29. The molecule has 0 spiro atoms. The second-order valence-corrected chi connectivity index (χ2v) is 9.50. The van der Waals surface area contributed by atoms with Gasteiger partial charge in [0, 0.05) is 37.3 Å². The molecular weight excluding hydrogens is 442 g/mol. The molecule has 1 aromatic carbocycles. The highest BCUT2D eigenvalue weighted by molar-refractivity contribution is 6.22. The highest BCUT2D eigenvalue weighted by atomic mass is 16.6. The molecule has 1 aromatic rings. The Morgan fingerprint density at radius 2 is 1.94 bits per heavy atom. The van der Waals surface area contributed by atoms with Crippen molar-refractivity contribution in [3.8, 4) is 5.75 Å². The summed E-state index contributed by atoms with van der Waals surface area (Å²) >= 11 is 0. The van der Waals surface area contributed by atoms with Crippen LogP contribution >= 0.6 is 0 Å². The second kappa shape index (κ2) is 7.61. The van der Waals surface area contributed by atoms with Crippen LogP contribution in [0.1, 0.15) is 40.2 Å². The molecule has 0 radical (unpaired) electrons. The van der Waals surface area contributed by atoms with E-state index in [0.29, 0.717) is 24.0 Å². The van der Waals surface area contributed by atoms with Crippen LogP contribution < -0.4 is 10.6 Å². The van der Waals surface area contributed by atoms with E-state index >= 15 is 0 Å². The van der Waals surface area contributed by atoms with Crippen molar-refractivity contribution < 1.29 is 34.5 Å². The first-order valence-electron chi connectivity index (χ1n) is 11.1. The Balaban J connectivity index is 1.67. The zero-order valence-electron chi connectivity index (χ0n) is 18.7. The predicted octanol–water partition coefficient (Wildman–Crippen LogP) is 1.63. The van der Waals surface area contributed by atoms with Crippen LogP contribution in [0.25, 0.3) is 0 Å². The summed E-state index contributed by atoms with van der Waals surface area (Å²) in [5.74, 6) is -5.73. The lowest BCUT2D eigenvalue weighted by molar-refractivity contribution is -0.126. The zero-order chi connectivity index (χ0) is 24.5. The molecule has 0 saturated heterocycles. The number of benzene rings is 1. The van der Waals surface area contributed by atoms with Crippen LogP contribution in [-0.4, -0.2) is 59.7 Å². The first-order chi connectivity index (χ1) is 16.1. The van der Waals surface area contributed by atoms with Crippen LogP contribution in [0.2, 0.25) is 0 Å². The summed E-state index contributed by atoms with van der Waals surface area (Å²) in [6, 6.07) is 1.82. The highest BCUT2D eigenvalue weighted by Gasteiger charge is 2.50. The molecule has 1 heterocycles. The van der Waals surface area contributed by atoms with Crippen LogP contribution in [0.5, 0.6) is 5.75 Å². The molecule has 4 aliphatic rings. The van der Waals surface area contributed by atoms with E-state index in [1.165, 1.54) is 0 Å². The summed E-state index contributed by atoms with van der Waals surface area (Å²) in [4.78, 5) is 45.4. The number of nitrogens with two attached hydrogens (primary N) is 1. The van der Waals surface area contributed by atoms with Crippen molar-refractivity contribution in [1.29, 1.82) is 0 Å². The third-order valence-electron chi connectivity index (χ3n) is 7.34. The average molecular weight is 467 g/mol. The van der Waals surface area contributed by atoms with Gasteiger partial charge in [0.2, 0.25) is 0 Å². The monoisotopic (exact) mass is 467 g/mol. The number of aliphatic hydroxyl groups is 2. The standard InChI is InChI=1S/C24H25N3O7/c1-27(2)14-6-12(11-7-26-34-8-11)20(29)18-13(14)4-9-3-10-5-15(28)19(24(25)33)23(32)17(10)21(30)16(9)22(18)31/h6-7,9-11,17,28-30H,3-5,8H2,1-2H3,(H2,25,33). The smallest absolute Gasteiger partial charge is 0.255 e. The number of aromatic hydroxyl groups is 1. The van der Waals surface area contributed by atoms with Gasteiger partial charge in [0.1, 0.15) is 29.4 Å². The van der Waals surface area contributed by atoms with E-state index in [2.05, 4.69) is 5.16 Å². The van der Waals surface area contributed by atoms with Crippen molar-refractivity contribution in [2.24, 2.45) is 28.6 Å². The number of carbonyl (C=O) groups excluding carboxylic acids is 3. The molecule has 0 saturated carbocycles. The molecule has 10 heteroatoms. The number of carbonyl (C=O) groups is 3. The molecule has 0 fully saturated rings.